The van der Waals surface area contributed by atoms with Gasteiger partial charge >= 0.3 is 18.0 Å². The van der Waals surface area contributed by atoms with E-state index in [4.69, 9.17) is 43.1 Å². The number of nitrogens with two attached hydrogens (primary N) is 1. The molecule has 1 fully saturated rings. The number of esters is 2. The Balaban J connectivity index is 2.66. The molecule has 1 aliphatic rings. The lowest BCUT2D eigenvalue weighted by molar-refractivity contribution is -0.160. The van der Waals surface area contributed by atoms with Gasteiger partial charge in [-0.15, -0.1) is 11.6 Å². The fourth-order valence-electron chi connectivity index (χ4n) is 4.61. The molecule has 0 aromatic heterocycles. The molecule has 0 spiro atoms. The van der Waals surface area contributed by atoms with Crippen LogP contribution in [-0.4, -0.2) is 93.4 Å². The van der Waals surface area contributed by atoms with E-state index in [9.17, 15) is 39.6 Å². The molecular weight excluding hydrogens is 669 g/mol. The molecule has 1 amide bonds. The number of aliphatic hydroxyl groups excluding tert-OH is 4. The zero-order valence-electron chi connectivity index (χ0n) is 27.5. The van der Waals surface area contributed by atoms with E-state index >= 15 is 0 Å². The van der Waals surface area contributed by atoms with E-state index in [0.717, 1.165) is 5.57 Å². The molecule has 1 saturated carbocycles. The van der Waals surface area contributed by atoms with Crippen molar-refractivity contribution in [1.29, 1.82) is 0 Å². The summed E-state index contributed by atoms with van der Waals surface area (Å²) >= 11 is 12.5. The summed E-state index contributed by atoms with van der Waals surface area (Å²) in [5.41, 5.74) is 5.85. The van der Waals surface area contributed by atoms with Crippen LogP contribution in [0.1, 0.15) is 52.9 Å². The second kappa shape index (κ2) is 22.4. The number of halogens is 2. The van der Waals surface area contributed by atoms with E-state index in [0.29, 0.717) is 19.3 Å². The van der Waals surface area contributed by atoms with Gasteiger partial charge in [-0.05, 0) is 38.3 Å². The van der Waals surface area contributed by atoms with Crippen LogP contribution >= 0.6 is 23.2 Å². The summed E-state index contributed by atoms with van der Waals surface area (Å²) in [6.07, 6.45) is 7.64. The molecule has 0 aliphatic heterocycles. The number of aliphatic hydroxyl groups is 4. The monoisotopic (exact) mass is 715 g/mol. The van der Waals surface area contributed by atoms with E-state index in [1.54, 1.807) is 43.4 Å². The minimum atomic E-state index is -1.88. The first-order chi connectivity index (χ1) is 22.6. The number of carbonyl (C=O) groups excluding carboxylic acids is 4. The Hall–Kier alpha value is -3.26. The number of primary amides is 1. The highest BCUT2D eigenvalue weighted by atomic mass is 35.5. The Kier molecular flexibility index (Phi) is 19.9. The Morgan fingerprint density at radius 1 is 1.02 bits per heavy atom. The molecule has 0 radical (unpaired) electrons. The van der Waals surface area contributed by atoms with Gasteiger partial charge in [-0.3, -0.25) is 9.59 Å². The molecular formula is C34H47Cl2NO11. The van der Waals surface area contributed by atoms with Crippen LogP contribution in [0, 0.1) is 11.8 Å². The van der Waals surface area contributed by atoms with Crippen molar-refractivity contribution < 1.29 is 53.8 Å². The highest BCUT2D eigenvalue weighted by molar-refractivity contribution is 6.30. The fraction of sp³-hybridized carbons (Fsp3) is 0.529. The van der Waals surface area contributed by atoms with Crippen LogP contribution in [0.25, 0.3) is 0 Å². The highest BCUT2D eigenvalue weighted by Gasteiger charge is 2.36. The summed E-state index contributed by atoms with van der Waals surface area (Å²) < 4.78 is 14.9. The molecule has 0 unspecified atom stereocenters. The third kappa shape index (κ3) is 15.3. The maximum Gasteiger partial charge on any atom is 0.405 e. The molecule has 1 aliphatic carbocycles. The molecule has 0 bridgehead atoms. The van der Waals surface area contributed by atoms with Crippen molar-refractivity contribution in [2.24, 2.45) is 17.6 Å². The Labute approximate surface area is 291 Å². The number of ether oxygens (including phenoxy) is 3. The number of amides is 1. The predicted molar refractivity (Wildman–Crippen MR) is 181 cm³/mol. The van der Waals surface area contributed by atoms with Gasteiger partial charge in [-0.25, -0.2) is 9.59 Å². The average Bonchev–Trinajstić information content (AvgIpc) is 3.05. The van der Waals surface area contributed by atoms with Crippen LogP contribution in [0.3, 0.4) is 0 Å². The minimum Gasteiger partial charge on any atom is -0.469 e. The molecule has 9 atom stereocenters. The van der Waals surface area contributed by atoms with E-state index in [2.05, 4.69) is 0 Å². The van der Waals surface area contributed by atoms with Crippen LogP contribution in [0.15, 0.2) is 71.4 Å². The second-order valence-electron chi connectivity index (χ2n) is 11.3. The van der Waals surface area contributed by atoms with Gasteiger partial charge in [0.1, 0.15) is 23.7 Å². The van der Waals surface area contributed by atoms with Crippen molar-refractivity contribution in [1.82, 2.24) is 0 Å². The van der Waals surface area contributed by atoms with Crippen LogP contribution in [0.4, 0.5) is 4.79 Å². The molecule has 268 valence electrons. The van der Waals surface area contributed by atoms with Crippen molar-refractivity contribution in [2.45, 2.75) is 94.9 Å². The average molecular weight is 717 g/mol. The van der Waals surface area contributed by atoms with Gasteiger partial charge in [0.15, 0.2) is 5.78 Å². The fourth-order valence-corrected chi connectivity index (χ4v) is 5.04. The van der Waals surface area contributed by atoms with Crippen molar-refractivity contribution >= 4 is 47.0 Å². The number of methoxy groups -OCH3 is 1. The molecule has 0 aromatic carbocycles. The van der Waals surface area contributed by atoms with E-state index in [-0.39, 0.29) is 11.5 Å². The van der Waals surface area contributed by atoms with Crippen LogP contribution in [-0.2, 0) is 28.6 Å². The number of ketones is 1. The lowest BCUT2D eigenvalue weighted by Crippen LogP contribution is -2.43. The maximum atomic E-state index is 12.6. The summed E-state index contributed by atoms with van der Waals surface area (Å²) in [7, 11) is 1.29. The van der Waals surface area contributed by atoms with E-state index in [1.807, 2.05) is 6.92 Å². The van der Waals surface area contributed by atoms with Gasteiger partial charge < -0.3 is 40.4 Å². The summed E-state index contributed by atoms with van der Waals surface area (Å²) in [4.78, 5) is 47.7. The second-order valence-corrected chi connectivity index (χ2v) is 12.2. The number of hydrogen-bond donors (Lipinski definition) is 5. The molecule has 0 heterocycles. The molecule has 0 saturated heterocycles. The third-order valence-corrected chi connectivity index (χ3v) is 8.50. The SMILES string of the molecule is CC/C=C/[C@@H](OC(N)=O)[C@H](Cl)[C@H](O)CC(=O)[C@@H](O)[C@H](O)[C@@H](C)/C(Cl)=C/C=C/C=C(C)/C=C/C=C/C(=O)O[C@H]1C[C@@H](C(=O)OC)CC[C@H]1O. The summed E-state index contributed by atoms with van der Waals surface area (Å²) in [6.45, 7) is 5.14. The van der Waals surface area contributed by atoms with Gasteiger partial charge in [0, 0.05) is 29.9 Å². The van der Waals surface area contributed by atoms with Crippen LogP contribution in [0.2, 0.25) is 0 Å². The lowest BCUT2D eigenvalue weighted by atomic mass is 9.85. The predicted octanol–water partition coefficient (Wildman–Crippen LogP) is 3.69. The largest absolute Gasteiger partial charge is 0.469 e. The van der Waals surface area contributed by atoms with Crippen molar-refractivity contribution in [3.05, 3.63) is 71.4 Å². The molecule has 14 heteroatoms. The third-order valence-electron chi connectivity index (χ3n) is 7.49. The summed E-state index contributed by atoms with van der Waals surface area (Å²) in [5.74, 6) is -3.22. The Morgan fingerprint density at radius 2 is 1.67 bits per heavy atom. The van der Waals surface area contributed by atoms with Gasteiger partial charge in [0.05, 0.1) is 31.3 Å². The van der Waals surface area contributed by atoms with E-state index < -0.39 is 84.1 Å². The summed E-state index contributed by atoms with van der Waals surface area (Å²) in [5, 5.41) is 40.4. The highest BCUT2D eigenvalue weighted by Crippen LogP contribution is 2.28. The minimum absolute atomic E-state index is 0.144. The normalized spacial score (nSPS) is 23.2. The first-order valence-corrected chi connectivity index (χ1v) is 16.3. The zero-order chi connectivity index (χ0) is 36.4. The maximum absolute atomic E-state index is 12.6. The molecule has 6 N–H and O–H groups in total. The topological polar surface area (TPSA) is 203 Å². The molecule has 48 heavy (non-hydrogen) atoms. The first kappa shape index (κ1) is 42.8. The number of Topliss-reactive ketones (excluding diaryl/α,β-unsaturated/α-hetero) is 1. The number of hydrogen-bond acceptors (Lipinski definition) is 11. The molecule has 1 rings (SSSR count). The number of carbonyl (C=O) groups is 4. The smallest absolute Gasteiger partial charge is 0.405 e. The molecule has 0 aromatic rings. The van der Waals surface area contributed by atoms with Crippen LogP contribution in [0.5, 0.6) is 0 Å². The van der Waals surface area contributed by atoms with Crippen molar-refractivity contribution in [2.75, 3.05) is 7.11 Å². The molecule has 12 nitrogen and oxygen atoms in total. The Bertz CT molecular complexity index is 1260. The van der Waals surface area contributed by atoms with Gasteiger partial charge in [-0.2, -0.15) is 0 Å². The Morgan fingerprint density at radius 3 is 2.29 bits per heavy atom. The van der Waals surface area contributed by atoms with E-state index in [1.165, 1.54) is 38.3 Å². The lowest BCUT2D eigenvalue weighted by Gasteiger charge is -2.31. The van der Waals surface area contributed by atoms with Crippen molar-refractivity contribution in [3.63, 3.8) is 0 Å². The number of alkyl halides is 1. The number of allylic oxidation sites excluding steroid dienone is 9. The number of rotatable bonds is 18. The first-order valence-electron chi connectivity index (χ1n) is 15.5. The standard InChI is InChI=1S/C34H47Cl2NO11/c1-5-6-14-27(48-34(37)45)30(36)25(39)19-26(40)32(43)31(42)21(3)23(35)13-9-7-11-20(2)12-8-10-15-29(41)47-28-18-22(33(44)46-4)16-17-24(28)38/h6-15,21-22,24-25,27-28,30-32,38-39,42-43H,5,16-19H2,1-4H3,(H2,37,45)/b9-7+,12-8+,14-6+,15-10+,20-11+,23-13-/t21-,22-,24+,25+,27+,28-,30+,31+,32+/m0/s1. The van der Waals surface area contributed by atoms with Gasteiger partial charge in [0.2, 0.25) is 0 Å². The summed E-state index contributed by atoms with van der Waals surface area (Å²) in [6, 6.07) is 0. The van der Waals surface area contributed by atoms with Crippen LogP contribution < -0.4 is 5.73 Å². The van der Waals surface area contributed by atoms with Gasteiger partial charge in [-0.1, -0.05) is 73.6 Å². The van der Waals surface area contributed by atoms with Gasteiger partial charge in [0.25, 0.3) is 0 Å². The zero-order valence-corrected chi connectivity index (χ0v) is 29.0. The quantitative estimate of drug-likeness (QED) is 0.0346. The van der Waals surface area contributed by atoms with Crippen molar-refractivity contribution in [3.8, 4) is 0 Å².